The van der Waals surface area contributed by atoms with Crippen LogP contribution in [0.2, 0.25) is 0 Å². The van der Waals surface area contributed by atoms with Crippen LogP contribution < -0.4 is 15.5 Å². The fraction of sp³-hybridized carbons (Fsp3) is 0.556. The number of guanidine groups is 1. The van der Waals surface area contributed by atoms with Gasteiger partial charge in [-0.15, -0.1) is 0 Å². The largest absolute Gasteiger partial charge is 0.354 e. The summed E-state index contributed by atoms with van der Waals surface area (Å²) in [5.41, 5.74) is 0. The standard InChI is InChI=1S/C9H16N6O2S/c1-3-14(8-4-7-18-13-8)6-5-11-9(10-2)12-15(16)17/h4,7H,3,5-6H2,1-2H3,(H2,10,11,12). The Hall–Kier alpha value is -1.90. The van der Waals surface area contributed by atoms with Gasteiger partial charge in [0.2, 0.25) is 0 Å². The third kappa shape index (κ3) is 4.53. The van der Waals surface area contributed by atoms with Gasteiger partial charge in [-0.25, -0.2) is 10.1 Å². The van der Waals surface area contributed by atoms with Gasteiger partial charge in [0, 0.05) is 32.1 Å². The fourth-order valence-corrected chi connectivity index (χ4v) is 1.90. The molecule has 0 saturated heterocycles. The monoisotopic (exact) mass is 272 g/mol. The van der Waals surface area contributed by atoms with Crippen molar-refractivity contribution in [2.24, 2.45) is 5.10 Å². The van der Waals surface area contributed by atoms with E-state index >= 15 is 0 Å². The van der Waals surface area contributed by atoms with E-state index in [9.17, 15) is 10.1 Å². The van der Waals surface area contributed by atoms with Gasteiger partial charge < -0.3 is 15.5 Å². The van der Waals surface area contributed by atoms with Crippen LogP contribution in [0.25, 0.3) is 0 Å². The normalized spacial score (nSPS) is 11.1. The number of nitrogens with zero attached hydrogens (tertiary/aromatic N) is 4. The van der Waals surface area contributed by atoms with E-state index in [2.05, 4.69) is 25.0 Å². The van der Waals surface area contributed by atoms with Crippen molar-refractivity contribution in [2.75, 3.05) is 31.6 Å². The van der Waals surface area contributed by atoms with Crippen LogP contribution in [0.4, 0.5) is 5.82 Å². The lowest BCUT2D eigenvalue weighted by Crippen LogP contribution is -2.40. The molecule has 1 heterocycles. The maximum atomic E-state index is 10.2. The number of hydrazone groups is 1. The molecular formula is C9H16N6O2S. The average Bonchev–Trinajstić information content (AvgIpc) is 2.86. The third-order valence-corrected chi connectivity index (χ3v) is 2.77. The van der Waals surface area contributed by atoms with E-state index in [1.54, 1.807) is 7.05 Å². The number of likely N-dealkylation sites (N-methyl/N-ethyl adjacent to an activating group) is 1. The van der Waals surface area contributed by atoms with Gasteiger partial charge >= 0.3 is 0 Å². The van der Waals surface area contributed by atoms with Crippen molar-refractivity contribution in [1.29, 1.82) is 0 Å². The molecule has 0 spiro atoms. The topological polar surface area (TPSA) is 95.7 Å². The number of nitro groups is 1. The molecule has 100 valence electrons. The van der Waals surface area contributed by atoms with Crippen molar-refractivity contribution < 1.29 is 5.03 Å². The third-order valence-electron chi connectivity index (χ3n) is 2.22. The summed E-state index contributed by atoms with van der Waals surface area (Å²) in [6.45, 7) is 4.09. The Balaban J connectivity index is 2.42. The Bertz CT molecular complexity index is 394. The molecule has 1 aromatic rings. The Morgan fingerprint density at radius 1 is 1.72 bits per heavy atom. The lowest BCUT2D eigenvalue weighted by molar-refractivity contribution is -0.485. The first kappa shape index (κ1) is 14.2. The Kier molecular flexibility index (Phi) is 5.85. The highest BCUT2D eigenvalue weighted by Crippen LogP contribution is 2.11. The average molecular weight is 272 g/mol. The molecule has 0 aliphatic rings. The van der Waals surface area contributed by atoms with Crippen molar-refractivity contribution in [3.05, 3.63) is 21.6 Å². The van der Waals surface area contributed by atoms with Crippen LogP contribution >= 0.6 is 11.5 Å². The molecule has 0 aromatic carbocycles. The molecule has 0 aliphatic heterocycles. The number of hydrogen-bond donors (Lipinski definition) is 2. The predicted octanol–water partition coefficient (Wildman–Crippen LogP) is 0.326. The number of nitrogens with one attached hydrogen (secondary N) is 2. The molecule has 0 saturated carbocycles. The van der Waals surface area contributed by atoms with Crippen molar-refractivity contribution in [3.8, 4) is 0 Å². The lowest BCUT2D eigenvalue weighted by atomic mass is 10.4. The lowest BCUT2D eigenvalue weighted by Gasteiger charge is -2.20. The summed E-state index contributed by atoms with van der Waals surface area (Å²) < 4.78 is 4.24. The summed E-state index contributed by atoms with van der Waals surface area (Å²) >= 11 is 1.40. The summed E-state index contributed by atoms with van der Waals surface area (Å²) in [6, 6.07) is 1.94. The van der Waals surface area contributed by atoms with Crippen LogP contribution in [0.5, 0.6) is 0 Å². The van der Waals surface area contributed by atoms with Gasteiger partial charge in [-0.2, -0.15) is 4.37 Å². The van der Waals surface area contributed by atoms with Crippen LogP contribution in [0, 0.1) is 10.1 Å². The zero-order chi connectivity index (χ0) is 13.4. The first-order valence-electron chi connectivity index (χ1n) is 5.47. The number of hydrogen-bond acceptors (Lipinski definition) is 5. The maximum Gasteiger partial charge on any atom is 0.268 e. The molecule has 0 fully saturated rings. The molecule has 0 aliphatic carbocycles. The summed E-state index contributed by atoms with van der Waals surface area (Å²) in [4.78, 5) is 12.3. The van der Waals surface area contributed by atoms with Crippen LogP contribution in [-0.4, -0.2) is 42.0 Å². The molecule has 1 aromatic heterocycles. The Morgan fingerprint density at radius 3 is 3.00 bits per heavy atom. The molecule has 18 heavy (non-hydrogen) atoms. The summed E-state index contributed by atoms with van der Waals surface area (Å²) in [5.74, 6) is 1.07. The quantitative estimate of drug-likeness (QED) is 0.335. The second kappa shape index (κ2) is 7.43. The van der Waals surface area contributed by atoms with E-state index in [4.69, 9.17) is 0 Å². The van der Waals surface area contributed by atoms with Crippen LogP contribution in [0.1, 0.15) is 6.92 Å². The number of aromatic nitrogens is 1. The van der Waals surface area contributed by atoms with E-state index in [0.717, 1.165) is 12.4 Å². The van der Waals surface area contributed by atoms with Crippen LogP contribution in [0.15, 0.2) is 16.5 Å². The van der Waals surface area contributed by atoms with Crippen molar-refractivity contribution in [3.63, 3.8) is 0 Å². The molecule has 2 N–H and O–H groups in total. The molecule has 0 amide bonds. The summed E-state index contributed by atoms with van der Waals surface area (Å²) in [7, 11) is 1.58. The number of anilines is 1. The second-order valence-electron chi connectivity index (χ2n) is 3.30. The molecule has 0 atom stereocenters. The molecule has 0 radical (unpaired) electrons. The van der Waals surface area contributed by atoms with Gasteiger partial charge in [0.05, 0.1) is 0 Å². The van der Waals surface area contributed by atoms with Gasteiger partial charge in [0.1, 0.15) is 10.9 Å². The van der Waals surface area contributed by atoms with E-state index in [0.29, 0.717) is 13.1 Å². The Morgan fingerprint density at radius 2 is 2.50 bits per heavy atom. The number of rotatable bonds is 6. The van der Waals surface area contributed by atoms with E-state index in [-0.39, 0.29) is 5.96 Å². The molecule has 8 nitrogen and oxygen atoms in total. The van der Waals surface area contributed by atoms with E-state index < -0.39 is 5.03 Å². The zero-order valence-corrected chi connectivity index (χ0v) is 11.1. The highest BCUT2D eigenvalue weighted by Gasteiger charge is 2.07. The highest BCUT2D eigenvalue weighted by molar-refractivity contribution is 7.03. The van der Waals surface area contributed by atoms with Crippen molar-refractivity contribution >= 4 is 23.3 Å². The minimum atomic E-state index is -0.739. The Labute approximate surface area is 109 Å². The van der Waals surface area contributed by atoms with Gasteiger partial charge in [-0.05, 0) is 24.5 Å². The summed E-state index contributed by atoms with van der Waals surface area (Å²) in [5, 5.41) is 20.1. The van der Waals surface area contributed by atoms with Gasteiger partial charge in [-0.1, -0.05) is 0 Å². The van der Waals surface area contributed by atoms with Gasteiger partial charge in [0.25, 0.3) is 5.96 Å². The fourth-order valence-electron chi connectivity index (χ4n) is 1.37. The molecule has 9 heteroatoms. The first-order valence-corrected chi connectivity index (χ1v) is 6.31. The molecule has 0 bridgehead atoms. The zero-order valence-electron chi connectivity index (χ0n) is 10.3. The van der Waals surface area contributed by atoms with Crippen LogP contribution in [-0.2, 0) is 0 Å². The molecule has 0 unspecified atom stereocenters. The molecular weight excluding hydrogens is 256 g/mol. The predicted molar refractivity (Wildman–Crippen MR) is 71.5 cm³/mol. The first-order chi connectivity index (χ1) is 8.67. The van der Waals surface area contributed by atoms with E-state index in [1.165, 1.54) is 11.5 Å². The highest BCUT2D eigenvalue weighted by atomic mass is 32.1. The van der Waals surface area contributed by atoms with Crippen molar-refractivity contribution in [1.82, 2.24) is 15.0 Å². The van der Waals surface area contributed by atoms with Crippen molar-refractivity contribution in [2.45, 2.75) is 6.92 Å². The SMILES string of the molecule is CCN(CCNC(=N[N+](=O)[O-])NC)c1ccsn1. The smallest absolute Gasteiger partial charge is 0.268 e. The molecule has 1 rings (SSSR count). The minimum absolute atomic E-state index is 0.148. The van der Waals surface area contributed by atoms with Gasteiger partial charge in [0.15, 0.2) is 5.03 Å². The van der Waals surface area contributed by atoms with Gasteiger partial charge in [-0.3, -0.25) is 0 Å². The maximum absolute atomic E-state index is 10.2. The van der Waals surface area contributed by atoms with Crippen LogP contribution in [0.3, 0.4) is 0 Å². The second-order valence-corrected chi connectivity index (χ2v) is 3.97. The minimum Gasteiger partial charge on any atom is -0.354 e. The van der Waals surface area contributed by atoms with E-state index in [1.807, 2.05) is 18.4 Å². The summed E-state index contributed by atoms with van der Waals surface area (Å²) in [6.07, 6.45) is 0.